The number of halogens is 3. The number of amides is 1. The maximum atomic E-state index is 13.0. The zero-order valence-electron chi connectivity index (χ0n) is 10.6. The number of benzene rings is 1. The summed E-state index contributed by atoms with van der Waals surface area (Å²) in [6.07, 6.45) is 0.0180. The number of carbonyl (C=O) groups excluding carboxylic acids is 1. The van der Waals surface area contributed by atoms with E-state index in [1.807, 2.05) is 0 Å². The Hall–Kier alpha value is -1.56. The molecule has 1 amide bonds. The van der Waals surface area contributed by atoms with Gasteiger partial charge >= 0.3 is 0 Å². The summed E-state index contributed by atoms with van der Waals surface area (Å²) < 4.78 is 38.7. The van der Waals surface area contributed by atoms with Gasteiger partial charge in [0, 0.05) is 6.42 Å². The third kappa shape index (κ3) is 5.30. The first kappa shape index (κ1) is 15.5. The summed E-state index contributed by atoms with van der Waals surface area (Å²) in [4.78, 5) is 11.5. The number of nitrogens with one attached hydrogen (secondary N) is 1. The molecule has 0 saturated heterocycles. The van der Waals surface area contributed by atoms with Crippen molar-refractivity contribution >= 4 is 5.91 Å². The van der Waals surface area contributed by atoms with Crippen LogP contribution in [0.1, 0.15) is 24.8 Å². The van der Waals surface area contributed by atoms with Gasteiger partial charge in [0.2, 0.25) is 5.91 Å². The van der Waals surface area contributed by atoms with Crippen LogP contribution in [-0.2, 0) is 4.79 Å². The second-order valence-corrected chi connectivity index (χ2v) is 4.50. The molecule has 1 unspecified atom stereocenters. The third-order valence-electron chi connectivity index (χ3n) is 2.75. The van der Waals surface area contributed by atoms with E-state index in [1.54, 1.807) is 19.1 Å². The number of nitrogens with two attached hydrogens (primary N) is 1. The molecule has 3 N–H and O–H groups in total. The predicted octanol–water partition coefficient (Wildman–Crippen LogP) is 2.03. The predicted molar refractivity (Wildman–Crippen MR) is 66.4 cm³/mol. The molecular formula is C13H17F3N2O. The van der Waals surface area contributed by atoms with E-state index >= 15 is 0 Å². The van der Waals surface area contributed by atoms with Crippen LogP contribution in [-0.4, -0.2) is 24.9 Å². The minimum atomic E-state index is -3.10. The van der Waals surface area contributed by atoms with E-state index in [-0.39, 0.29) is 18.2 Å². The van der Waals surface area contributed by atoms with Crippen molar-refractivity contribution in [3.05, 3.63) is 35.6 Å². The van der Waals surface area contributed by atoms with Crippen LogP contribution in [0.2, 0.25) is 0 Å². The van der Waals surface area contributed by atoms with Crippen LogP contribution < -0.4 is 11.1 Å². The zero-order valence-corrected chi connectivity index (χ0v) is 10.6. The molecule has 0 spiro atoms. The van der Waals surface area contributed by atoms with Gasteiger partial charge < -0.3 is 11.1 Å². The Bertz CT molecular complexity index is 438. The lowest BCUT2D eigenvalue weighted by molar-refractivity contribution is -0.123. The smallest absolute Gasteiger partial charge is 0.277 e. The van der Waals surface area contributed by atoms with E-state index in [1.165, 1.54) is 12.1 Å². The lowest BCUT2D eigenvalue weighted by Gasteiger charge is -2.16. The maximum Gasteiger partial charge on any atom is 0.277 e. The fourth-order valence-electron chi connectivity index (χ4n) is 1.58. The van der Waals surface area contributed by atoms with E-state index < -0.39 is 24.9 Å². The van der Waals surface area contributed by atoms with Gasteiger partial charge in [0.05, 0.1) is 13.1 Å². The Morgan fingerprint density at radius 2 is 2.16 bits per heavy atom. The van der Waals surface area contributed by atoms with Crippen molar-refractivity contribution in [3.63, 3.8) is 0 Å². The number of carbonyl (C=O) groups is 1. The third-order valence-corrected chi connectivity index (χ3v) is 2.75. The first-order chi connectivity index (χ1) is 8.84. The van der Waals surface area contributed by atoms with E-state index in [0.29, 0.717) is 5.56 Å². The van der Waals surface area contributed by atoms with Gasteiger partial charge in [-0.25, -0.2) is 13.2 Å². The molecule has 0 aliphatic rings. The average Bonchev–Trinajstić information content (AvgIpc) is 2.36. The van der Waals surface area contributed by atoms with Gasteiger partial charge in [0.1, 0.15) is 5.82 Å². The van der Waals surface area contributed by atoms with Crippen molar-refractivity contribution in [1.82, 2.24) is 5.32 Å². The minimum Gasteiger partial charge on any atom is -0.350 e. The quantitative estimate of drug-likeness (QED) is 0.834. The number of rotatable bonds is 6. The Morgan fingerprint density at radius 3 is 2.74 bits per heavy atom. The summed E-state index contributed by atoms with van der Waals surface area (Å²) in [5.41, 5.74) is 5.51. The highest BCUT2D eigenvalue weighted by Crippen LogP contribution is 2.19. The molecule has 1 aromatic carbocycles. The second kappa shape index (κ2) is 6.56. The molecule has 106 valence electrons. The van der Waals surface area contributed by atoms with Gasteiger partial charge in [-0.1, -0.05) is 19.1 Å². The van der Waals surface area contributed by atoms with Crippen LogP contribution in [0, 0.1) is 5.82 Å². The first-order valence-corrected chi connectivity index (χ1v) is 5.94. The second-order valence-electron chi connectivity index (χ2n) is 4.50. The number of hydrogen-bond acceptors (Lipinski definition) is 2. The summed E-state index contributed by atoms with van der Waals surface area (Å²) in [6, 6.07) is 5.86. The van der Waals surface area contributed by atoms with Crippen LogP contribution in [0.3, 0.4) is 0 Å². The number of hydrogen-bond donors (Lipinski definition) is 2. The van der Waals surface area contributed by atoms with Crippen molar-refractivity contribution in [2.24, 2.45) is 5.73 Å². The highest BCUT2D eigenvalue weighted by Gasteiger charge is 2.27. The van der Waals surface area contributed by atoms with Crippen molar-refractivity contribution in [2.75, 3.05) is 13.1 Å². The largest absolute Gasteiger partial charge is 0.350 e. The van der Waals surface area contributed by atoms with Crippen LogP contribution in [0.25, 0.3) is 0 Å². The summed E-state index contributed by atoms with van der Waals surface area (Å²) in [5.74, 6) is -4.25. The summed E-state index contributed by atoms with van der Waals surface area (Å²) in [6.45, 7) is 0.139. The van der Waals surface area contributed by atoms with Crippen molar-refractivity contribution in [1.29, 1.82) is 0 Å². The van der Waals surface area contributed by atoms with Crippen LogP contribution in [0.5, 0.6) is 0 Å². The van der Waals surface area contributed by atoms with Gasteiger partial charge in [0.25, 0.3) is 5.92 Å². The standard InChI is InChI=1S/C13H17F3N2O/c1-9(10-3-2-4-11(14)6-10)5-12(19)18-8-13(15,16)7-17/h2-4,6,9H,5,7-8,17H2,1H3,(H,18,19). The van der Waals surface area contributed by atoms with E-state index in [9.17, 15) is 18.0 Å². The summed E-state index contributed by atoms with van der Waals surface area (Å²) in [5, 5.41) is 2.13. The molecule has 0 radical (unpaired) electrons. The highest BCUT2D eigenvalue weighted by molar-refractivity contribution is 5.76. The topological polar surface area (TPSA) is 55.1 Å². The molecule has 1 atom stereocenters. The molecule has 0 fully saturated rings. The Morgan fingerprint density at radius 1 is 1.47 bits per heavy atom. The van der Waals surface area contributed by atoms with Crippen molar-refractivity contribution < 1.29 is 18.0 Å². The molecule has 1 rings (SSSR count). The van der Waals surface area contributed by atoms with Gasteiger partial charge in [-0.2, -0.15) is 0 Å². The molecule has 19 heavy (non-hydrogen) atoms. The fourth-order valence-corrected chi connectivity index (χ4v) is 1.58. The first-order valence-electron chi connectivity index (χ1n) is 5.94. The monoisotopic (exact) mass is 274 g/mol. The average molecular weight is 274 g/mol. The lowest BCUT2D eigenvalue weighted by Crippen LogP contribution is -2.41. The molecule has 0 aromatic heterocycles. The molecule has 0 aliphatic heterocycles. The van der Waals surface area contributed by atoms with Crippen molar-refractivity contribution in [2.45, 2.75) is 25.2 Å². The Balaban J connectivity index is 2.49. The van der Waals surface area contributed by atoms with Crippen LogP contribution in [0.15, 0.2) is 24.3 Å². The Kier molecular flexibility index (Phi) is 5.35. The van der Waals surface area contributed by atoms with E-state index in [4.69, 9.17) is 5.73 Å². The molecule has 1 aromatic rings. The molecule has 0 saturated carbocycles. The van der Waals surface area contributed by atoms with Gasteiger partial charge in [-0.15, -0.1) is 0 Å². The lowest BCUT2D eigenvalue weighted by atomic mass is 9.97. The molecule has 6 heteroatoms. The molecule has 0 heterocycles. The minimum absolute atomic E-state index is 0.0180. The van der Waals surface area contributed by atoms with Crippen LogP contribution in [0.4, 0.5) is 13.2 Å². The number of alkyl halides is 2. The van der Waals surface area contributed by atoms with E-state index in [0.717, 1.165) is 0 Å². The highest BCUT2D eigenvalue weighted by atomic mass is 19.3. The van der Waals surface area contributed by atoms with Gasteiger partial charge in [-0.05, 0) is 23.6 Å². The molecular weight excluding hydrogens is 257 g/mol. The zero-order chi connectivity index (χ0) is 14.5. The molecule has 0 aliphatic carbocycles. The summed E-state index contributed by atoms with van der Waals surface area (Å²) >= 11 is 0. The maximum absolute atomic E-state index is 13.0. The molecule has 3 nitrogen and oxygen atoms in total. The SMILES string of the molecule is CC(CC(=O)NCC(F)(F)CN)c1cccc(F)c1. The Labute approximate surface area is 110 Å². The van der Waals surface area contributed by atoms with E-state index in [2.05, 4.69) is 5.32 Å². The molecule has 0 bridgehead atoms. The van der Waals surface area contributed by atoms with Crippen LogP contribution >= 0.6 is 0 Å². The van der Waals surface area contributed by atoms with Crippen molar-refractivity contribution in [3.8, 4) is 0 Å². The van der Waals surface area contributed by atoms with Gasteiger partial charge in [0.15, 0.2) is 0 Å². The summed E-state index contributed by atoms with van der Waals surface area (Å²) in [7, 11) is 0. The fraction of sp³-hybridized carbons (Fsp3) is 0.462. The van der Waals surface area contributed by atoms with Gasteiger partial charge in [-0.3, -0.25) is 4.79 Å². The normalized spacial score (nSPS) is 13.1.